The van der Waals surface area contributed by atoms with E-state index in [4.69, 9.17) is 18.6 Å². The molecule has 1 aromatic heterocycles. The van der Waals surface area contributed by atoms with Crippen LogP contribution in [0, 0.1) is 6.92 Å². The van der Waals surface area contributed by atoms with Crippen molar-refractivity contribution in [3.8, 4) is 11.5 Å². The van der Waals surface area contributed by atoms with E-state index >= 15 is 0 Å². The highest BCUT2D eigenvalue weighted by Crippen LogP contribution is 2.32. The molecule has 7 heteroatoms. The Hall–Kier alpha value is -2.51. The standard InChI is InChI=1S/C19H22N2O5/c1-13-2-4-16(26-13)15(21-6-8-23-9-7-21)11-20-19(22)14-3-5-17-18(10-14)25-12-24-17/h2-5,10,15H,6-9,11-12H2,1H3,(H,20,22). The third-order valence-corrected chi connectivity index (χ3v) is 4.67. The van der Waals surface area contributed by atoms with Crippen molar-refractivity contribution in [1.82, 2.24) is 10.2 Å². The molecule has 1 unspecified atom stereocenters. The Balaban J connectivity index is 1.46. The van der Waals surface area contributed by atoms with Crippen LogP contribution in [0.15, 0.2) is 34.7 Å². The van der Waals surface area contributed by atoms with Crippen LogP contribution in [0.4, 0.5) is 0 Å². The van der Waals surface area contributed by atoms with Gasteiger partial charge >= 0.3 is 0 Å². The molecular formula is C19H22N2O5. The number of nitrogens with one attached hydrogen (secondary N) is 1. The molecule has 1 aromatic carbocycles. The second-order valence-corrected chi connectivity index (χ2v) is 6.39. The van der Waals surface area contributed by atoms with Crippen LogP contribution < -0.4 is 14.8 Å². The summed E-state index contributed by atoms with van der Waals surface area (Å²) < 4.78 is 21.9. The Labute approximate surface area is 151 Å². The summed E-state index contributed by atoms with van der Waals surface area (Å²) in [7, 11) is 0. The van der Waals surface area contributed by atoms with Gasteiger partial charge in [-0.25, -0.2) is 0 Å². The van der Waals surface area contributed by atoms with E-state index in [1.165, 1.54) is 0 Å². The fourth-order valence-corrected chi connectivity index (χ4v) is 3.26. The quantitative estimate of drug-likeness (QED) is 0.883. The fraction of sp³-hybridized carbons (Fsp3) is 0.421. The number of nitrogens with zero attached hydrogens (tertiary/aromatic N) is 1. The number of ether oxygens (including phenoxy) is 3. The fourth-order valence-electron chi connectivity index (χ4n) is 3.26. The number of furan rings is 1. The van der Waals surface area contributed by atoms with E-state index in [9.17, 15) is 4.79 Å². The van der Waals surface area contributed by atoms with Crippen molar-refractivity contribution >= 4 is 5.91 Å². The lowest BCUT2D eigenvalue weighted by atomic mass is 10.1. The Morgan fingerprint density at radius 3 is 2.73 bits per heavy atom. The lowest BCUT2D eigenvalue weighted by molar-refractivity contribution is 0.0117. The number of rotatable bonds is 5. The highest BCUT2D eigenvalue weighted by atomic mass is 16.7. The van der Waals surface area contributed by atoms with Gasteiger partial charge < -0.3 is 23.9 Å². The maximum Gasteiger partial charge on any atom is 0.251 e. The molecule has 0 saturated carbocycles. The summed E-state index contributed by atoms with van der Waals surface area (Å²) in [5.41, 5.74) is 0.547. The number of amides is 1. The molecule has 26 heavy (non-hydrogen) atoms. The zero-order valence-corrected chi connectivity index (χ0v) is 14.7. The highest BCUT2D eigenvalue weighted by Gasteiger charge is 2.26. The molecule has 7 nitrogen and oxygen atoms in total. The van der Waals surface area contributed by atoms with Gasteiger partial charge in [0.15, 0.2) is 11.5 Å². The number of carbonyl (C=O) groups is 1. The van der Waals surface area contributed by atoms with Crippen molar-refractivity contribution in [2.24, 2.45) is 0 Å². The monoisotopic (exact) mass is 358 g/mol. The third-order valence-electron chi connectivity index (χ3n) is 4.67. The minimum absolute atomic E-state index is 0.0226. The van der Waals surface area contributed by atoms with E-state index in [2.05, 4.69) is 10.2 Å². The second kappa shape index (κ2) is 7.39. The summed E-state index contributed by atoms with van der Waals surface area (Å²) in [6.07, 6.45) is 0. The van der Waals surface area contributed by atoms with Crippen LogP contribution in [0.25, 0.3) is 0 Å². The largest absolute Gasteiger partial charge is 0.465 e. The van der Waals surface area contributed by atoms with Gasteiger partial charge in [-0.15, -0.1) is 0 Å². The van der Waals surface area contributed by atoms with Crippen LogP contribution in [0.3, 0.4) is 0 Å². The molecule has 1 saturated heterocycles. The van der Waals surface area contributed by atoms with Gasteiger partial charge in [0.25, 0.3) is 5.91 Å². The van der Waals surface area contributed by atoms with Gasteiger partial charge in [-0.1, -0.05) is 0 Å². The van der Waals surface area contributed by atoms with Gasteiger partial charge in [0, 0.05) is 25.2 Å². The van der Waals surface area contributed by atoms with Crippen molar-refractivity contribution in [1.29, 1.82) is 0 Å². The average Bonchev–Trinajstić information content (AvgIpc) is 3.31. The molecule has 1 atom stereocenters. The summed E-state index contributed by atoms with van der Waals surface area (Å²) >= 11 is 0. The summed E-state index contributed by atoms with van der Waals surface area (Å²) in [4.78, 5) is 14.9. The van der Waals surface area contributed by atoms with Crippen LogP contribution in [0.5, 0.6) is 11.5 Å². The van der Waals surface area contributed by atoms with E-state index < -0.39 is 0 Å². The second-order valence-electron chi connectivity index (χ2n) is 6.39. The van der Waals surface area contributed by atoms with E-state index in [1.54, 1.807) is 18.2 Å². The molecule has 0 aliphatic carbocycles. The van der Waals surface area contributed by atoms with E-state index in [0.717, 1.165) is 24.6 Å². The third kappa shape index (κ3) is 3.54. The van der Waals surface area contributed by atoms with E-state index in [1.807, 2.05) is 19.1 Å². The molecule has 2 aliphatic rings. The smallest absolute Gasteiger partial charge is 0.251 e. The Morgan fingerprint density at radius 1 is 1.15 bits per heavy atom. The first kappa shape index (κ1) is 16.9. The summed E-state index contributed by atoms with van der Waals surface area (Å²) in [6.45, 7) is 5.57. The maximum atomic E-state index is 12.6. The van der Waals surface area contributed by atoms with Gasteiger partial charge in [0.2, 0.25) is 6.79 Å². The summed E-state index contributed by atoms with van der Waals surface area (Å²) in [5.74, 6) is 2.84. The van der Waals surface area contributed by atoms with Crippen LogP contribution in [0.2, 0.25) is 0 Å². The van der Waals surface area contributed by atoms with Crippen molar-refractivity contribution in [2.75, 3.05) is 39.6 Å². The van der Waals surface area contributed by atoms with Gasteiger partial charge in [-0.2, -0.15) is 0 Å². The summed E-state index contributed by atoms with van der Waals surface area (Å²) in [6, 6.07) is 9.10. The number of morpholine rings is 1. The van der Waals surface area contributed by atoms with E-state index in [0.29, 0.717) is 36.8 Å². The topological polar surface area (TPSA) is 73.2 Å². The van der Waals surface area contributed by atoms with Crippen molar-refractivity contribution in [2.45, 2.75) is 13.0 Å². The minimum atomic E-state index is -0.148. The van der Waals surface area contributed by atoms with Crippen LogP contribution >= 0.6 is 0 Å². The number of benzene rings is 1. The van der Waals surface area contributed by atoms with Crippen LogP contribution in [0.1, 0.15) is 27.9 Å². The van der Waals surface area contributed by atoms with Gasteiger partial charge in [-0.3, -0.25) is 9.69 Å². The summed E-state index contributed by atoms with van der Waals surface area (Å²) in [5, 5.41) is 3.02. The molecule has 3 heterocycles. The SMILES string of the molecule is Cc1ccc(C(CNC(=O)c2ccc3c(c2)OCO3)N2CCOCC2)o1. The Morgan fingerprint density at radius 2 is 1.96 bits per heavy atom. The normalized spacial score (nSPS) is 17.9. The van der Waals surface area contributed by atoms with Crippen molar-refractivity contribution < 1.29 is 23.4 Å². The van der Waals surface area contributed by atoms with E-state index in [-0.39, 0.29) is 18.7 Å². The first-order valence-corrected chi connectivity index (χ1v) is 8.77. The number of fused-ring (bicyclic) bond motifs is 1. The predicted octanol–water partition coefficient (Wildman–Crippen LogP) is 2.12. The van der Waals surface area contributed by atoms with Crippen LogP contribution in [-0.4, -0.2) is 50.4 Å². The predicted molar refractivity (Wildman–Crippen MR) is 93.5 cm³/mol. The zero-order valence-electron chi connectivity index (χ0n) is 14.7. The van der Waals surface area contributed by atoms with Gasteiger partial charge in [0.1, 0.15) is 11.5 Å². The Bertz CT molecular complexity index is 782. The molecule has 1 amide bonds. The molecule has 2 aliphatic heterocycles. The molecular weight excluding hydrogens is 336 g/mol. The highest BCUT2D eigenvalue weighted by molar-refractivity contribution is 5.94. The lowest BCUT2D eigenvalue weighted by Gasteiger charge is -2.33. The van der Waals surface area contributed by atoms with Crippen molar-refractivity contribution in [3.05, 3.63) is 47.4 Å². The lowest BCUT2D eigenvalue weighted by Crippen LogP contribution is -2.43. The molecule has 138 valence electrons. The van der Waals surface area contributed by atoms with Crippen LogP contribution in [-0.2, 0) is 4.74 Å². The minimum Gasteiger partial charge on any atom is -0.465 e. The van der Waals surface area contributed by atoms with Gasteiger partial charge in [-0.05, 0) is 37.3 Å². The number of carbonyl (C=O) groups excluding carboxylic acids is 1. The Kier molecular flexibility index (Phi) is 4.81. The molecule has 4 rings (SSSR count). The molecule has 1 N–H and O–H groups in total. The first-order valence-electron chi connectivity index (χ1n) is 8.77. The first-order chi connectivity index (χ1) is 12.7. The van der Waals surface area contributed by atoms with Crippen molar-refractivity contribution in [3.63, 3.8) is 0 Å². The number of hydrogen-bond donors (Lipinski definition) is 1. The maximum absolute atomic E-state index is 12.6. The van der Waals surface area contributed by atoms with Gasteiger partial charge in [0.05, 0.1) is 19.3 Å². The molecule has 0 radical (unpaired) electrons. The molecule has 0 bridgehead atoms. The number of aryl methyl sites for hydroxylation is 1. The molecule has 2 aromatic rings. The zero-order chi connectivity index (χ0) is 17.9. The molecule has 0 spiro atoms. The number of hydrogen-bond acceptors (Lipinski definition) is 6. The average molecular weight is 358 g/mol. The molecule has 1 fully saturated rings.